The van der Waals surface area contributed by atoms with Crippen molar-refractivity contribution >= 4 is 33.3 Å². The Hall–Kier alpha value is -1.36. The highest BCUT2D eigenvalue weighted by atomic mass is 32.1. The van der Waals surface area contributed by atoms with Gasteiger partial charge in [0.05, 0.1) is 5.39 Å². The molecule has 5 heteroatoms. The lowest BCUT2D eigenvalue weighted by Gasteiger charge is -2.28. The van der Waals surface area contributed by atoms with Crippen molar-refractivity contribution in [1.82, 2.24) is 9.97 Å². The minimum Gasteiger partial charge on any atom is -0.357 e. The van der Waals surface area contributed by atoms with E-state index in [0.29, 0.717) is 6.04 Å². The molecule has 1 fully saturated rings. The van der Waals surface area contributed by atoms with Crippen LogP contribution in [0, 0.1) is 5.92 Å². The predicted molar refractivity (Wildman–Crippen MR) is 91.5 cm³/mol. The summed E-state index contributed by atoms with van der Waals surface area (Å²) in [6.45, 7) is 7.82. The minimum absolute atomic E-state index is 0.457. The predicted octanol–water partition coefficient (Wildman–Crippen LogP) is 3.92. The molecule has 1 saturated carbocycles. The third-order valence-electron chi connectivity index (χ3n) is 4.04. The SMILES string of the molecule is CCc1cc2c(N(CC3CC3)C(C)C)nc(NC)nc2s1. The summed E-state index contributed by atoms with van der Waals surface area (Å²) in [6.07, 6.45) is 3.78. The maximum absolute atomic E-state index is 4.78. The van der Waals surface area contributed by atoms with Crippen molar-refractivity contribution in [3.63, 3.8) is 0 Å². The van der Waals surface area contributed by atoms with Crippen LogP contribution in [0.2, 0.25) is 0 Å². The first kappa shape index (κ1) is 14.6. The molecule has 1 aliphatic rings. The zero-order chi connectivity index (χ0) is 15.0. The van der Waals surface area contributed by atoms with Crippen LogP contribution >= 0.6 is 11.3 Å². The molecule has 2 aromatic rings. The molecule has 0 amide bonds. The fourth-order valence-corrected chi connectivity index (χ4v) is 3.54. The first-order chi connectivity index (χ1) is 10.1. The zero-order valence-electron chi connectivity index (χ0n) is 13.3. The number of nitrogens with zero attached hydrogens (tertiary/aromatic N) is 3. The second-order valence-corrected chi connectivity index (χ2v) is 7.21. The van der Waals surface area contributed by atoms with Crippen molar-refractivity contribution in [2.75, 3.05) is 23.8 Å². The van der Waals surface area contributed by atoms with E-state index in [-0.39, 0.29) is 0 Å². The van der Waals surface area contributed by atoms with Crippen molar-refractivity contribution in [3.05, 3.63) is 10.9 Å². The lowest BCUT2D eigenvalue weighted by atomic mass is 10.2. The lowest BCUT2D eigenvalue weighted by molar-refractivity contribution is 0.639. The number of thiophene rings is 1. The number of anilines is 2. The van der Waals surface area contributed by atoms with E-state index in [1.165, 1.54) is 23.1 Å². The summed E-state index contributed by atoms with van der Waals surface area (Å²) in [5.41, 5.74) is 0. The van der Waals surface area contributed by atoms with Crippen molar-refractivity contribution in [2.24, 2.45) is 5.92 Å². The van der Waals surface area contributed by atoms with Crippen LogP contribution in [0.1, 0.15) is 38.5 Å². The Kier molecular flexibility index (Phi) is 4.02. The van der Waals surface area contributed by atoms with Crippen molar-refractivity contribution in [1.29, 1.82) is 0 Å². The van der Waals surface area contributed by atoms with Gasteiger partial charge in [0, 0.05) is 24.5 Å². The average molecular weight is 304 g/mol. The van der Waals surface area contributed by atoms with E-state index in [4.69, 9.17) is 4.98 Å². The first-order valence-electron chi connectivity index (χ1n) is 7.87. The Morgan fingerprint density at radius 2 is 2.14 bits per heavy atom. The number of fused-ring (bicyclic) bond motifs is 1. The van der Waals surface area contributed by atoms with Crippen LogP contribution in [0.25, 0.3) is 10.2 Å². The topological polar surface area (TPSA) is 41.1 Å². The van der Waals surface area contributed by atoms with Gasteiger partial charge in [0.25, 0.3) is 0 Å². The molecule has 0 atom stereocenters. The number of nitrogens with one attached hydrogen (secondary N) is 1. The normalized spacial score (nSPS) is 14.9. The van der Waals surface area contributed by atoms with Crippen molar-refractivity contribution in [2.45, 2.75) is 46.1 Å². The number of hydrogen-bond acceptors (Lipinski definition) is 5. The number of aromatic nitrogens is 2. The third-order valence-corrected chi connectivity index (χ3v) is 5.22. The van der Waals surface area contributed by atoms with E-state index in [2.05, 4.69) is 42.0 Å². The number of hydrogen-bond donors (Lipinski definition) is 1. The van der Waals surface area contributed by atoms with Gasteiger partial charge in [-0.2, -0.15) is 4.98 Å². The van der Waals surface area contributed by atoms with Gasteiger partial charge >= 0.3 is 0 Å². The fraction of sp³-hybridized carbons (Fsp3) is 0.625. The summed E-state index contributed by atoms with van der Waals surface area (Å²) in [5, 5.41) is 4.32. The van der Waals surface area contributed by atoms with Gasteiger partial charge in [-0.05, 0) is 45.1 Å². The van der Waals surface area contributed by atoms with E-state index < -0.39 is 0 Å². The lowest BCUT2D eigenvalue weighted by Crippen LogP contribution is -2.33. The molecule has 21 heavy (non-hydrogen) atoms. The highest BCUT2D eigenvalue weighted by molar-refractivity contribution is 7.18. The van der Waals surface area contributed by atoms with Crippen molar-refractivity contribution in [3.8, 4) is 0 Å². The molecule has 0 unspecified atom stereocenters. The number of rotatable bonds is 6. The summed E-state index contributed by atoms with van der Waals surface area (Å²) in [5.74, 6) is 2.67. The molecular formula is C16H24N4S. The Morgan fingerprint density at radius 3 is 2.71 bits per heavy atom. The highest BCUT2D eigenvalue weighted by Crippen LogP contribution is 2.36. The summed E-state index contributed by atoms with van der Waals surface area (Å²) in [4.78, 5) is 14.3. The molecule has 114 valence electrons. The molecule has 2 heterocycles. The quantitative estimate of drug-likeness (QED) is 0.878. The smallest absolute Gasteiger partial charge is 0.225 e. The van der Waals surface area contributed by atoms with Gasteiger partial charge in [-0.3, -0.25) is 0 Å². The van der Waals surface area contributed by atoms with Crippen LogP contribution in [0.15, 0.2) is 6.07 Å². The first-order valence-corrected chi connectivity index (χ1v) is 8.68. The Morgan fingerprint density at radius 1 is 1.38 bits per heavy atom. The molecule has 0 bridgehead atoms. The summed E-state index contributed by atoms with van der Waals surface area (Å²) >= 11 is 1.79. The van der Waals surface area contributed by atoms with Crippen LogP contribution in [0.4, 0.5) is 11.8 Å². The second-order valence-electron chi connectivity index (χ2n) is 6.10. The van der Waals surface area contributed by atoms with Gasteiger partial charge in [0.1, 0.15) is 10.6 Å². The van der Waals surface area contributed by atoms with Crippen LogP contribution in [0.3, 0.4) is 0 Å². The molecule has 1 N–H and O–H groups in total. The summed E-state index contributed by atoms with van der Waals surface area (Å²) in [7, 11) is 1.89. The average Bonchev–Trinajstić information content (AvgIpc) is 3.20. The third kappa shape index (κ3) is 2.98. The van der Waals surface area contributed by atoms with Gasteiger partial charge in [0.2, 0.25) is 5.95 Å². The zero-order valence-corrected chi connectivity index (χ0v) is 14.1. The second kappa shape index (κ2) is 5.79. The molecular weight excluding hydrogens is 280 g/mol. The van der Waals surface area contributed by atoms with Gasteiger partial charge in [-0.1, -0.05) is 6.92 Å². The van der Waals surface area contributed by atoms with Crippen LogP contribution in [0.5, 0.6) is 0 Å². The fourth-order valence-electron chi connectivity index (χ4n) is 2.58. The molecule has 0 aromatic carbocycles. The molecule has 0 spiro atoms. The van der Waals surface area contributed by atoms with Crippen LogP contribution in [-0.2, 0) is 6.42 Å². The minimum atomic E-state index is 0.457. The van der Waals surface area contributed by atoms with Gasteiger partial charge in [0.15, 0.2) is 0 Å². The maximum atomic E-state index is 4.78. The largest absolute Gasteiger partial charge is 0.357 e. The number of aryl methyl sites for hydroxylation is 1. The molecule has 4 nitrogen and oxygen atoms in total. The monoisotopic (exact) mass is 304 g/mol. The molecule has 0 saturated heterocycles. The Balaban J connectivity index is 2.10. The standard InChI is InChI=1S/C16H24N4S/c1-5-12-8-13-14(18-16(17-4)19-15(13)21-12)20(10(2)3)9-11-6-7-11/h8,10-11H,5-7,9H2,1-4H3,(H,17,18,19). The Labute approximate surface area is 130 Å². The van der Waals surface area contributed by atoms with Crippen LogP contribution < -0.4 is 10.2 Å². The van der Waals surface area contributed by atoms with Crippen LogP contribution in [-0.4, -0.2) is 29.6 Å². The van der Waals surface area contributed by atoms with Gasteiger partial charge in [-0.15, -0.1) is 11.3 Å². The molecule has 3 rings (SSSR count). The highest BCUT2D eigenvalue weighted by Gasteiger charge is 2.28. The van der Waals surface area contributed by atoms with E-state index in [1.54, 1.807) is 11.3 Å². The van der Waals surface area contributed by atoms with E-state index in [0.717, 1.165) is 35.5 Å². The van der Waals surface area contributed by atoms with Gasteiger partial charge in [-0.25, -0.2) is 4.98 Å². The summed E-state index contributed by atoms with van der Waals surface area (Å²) < 4.78 is 0. The Bertz CT molecular complexity index is 630. The maximum Gasteiger partial charge on any atom is 0.225 e. The van der Waals surface area contributed by atoms with E-state index in [9.17, 15) is 0 Å². The van der Waals surface area contributed by atoms with Crippen molar-refractivity contribution < 1.29 is 0 Å². The summed E-state index contributed by atoms with van der Waals surface area (Å²) in [6, 6.07) is 2.73. The molecule has 0 aliphatic heterocycles. The molecule has 0 radical (unpaired) electrons. The van der Waals surface area contributed by atoms with E-state index >= 15 is 0 Å². The molecule has 2 aromatic heterocycles. The van der Waals surface area contributed by atoms with Gasteiger partial charge < -0.3 is 10.2 Å². The molecule has 1 aliphatic carbocycles. The van der Waals surface area contributed by atoms with E-state index in [1.807, 2.05) is 7.05 Å².